The van der Waals surface area contributed by atoms with Crippen molar-refractivity contribution >= 4 is 22.2 Å². The fourth-order valence-electron chi connectivity index (χ4n) is 2.51. The fourth-order valence-corrected chi connectivity index (χ4v) is 3.34. The lowest BCUT2D eigenvalue weighted by atomic mass is 10.2. The number of hydrogen-bond acceptors (Lipinski definition) is 4. The van der Waals surface area contributed by atoms with Crippen LogP contribution >= 0.6 is 11.3 Å². The predicted octanol–water partition coefficient (Wildman–Crippen LogP) is 1.74. The Morgan fingerprint density at radius 3 is 2.95 bits per heavy atom. The Labute approximate surface area is 114 Å². The van der Waals surface area contributed by atoms with E-state index in [1.54, 1.807) is 0 Å². The molecule has 0 bridgehead atoms. The fraction of sp³-hybridized carbons (Fsp3) is 0.462. The Kier molecular flexibility index (Phi) is 3.10. The van der Waals surface area contributed by atoms with Gasteiger partial charge in [-0.2, -0.15) is 0 Å². The molecule has 2 aromatic rings. The average Bonchev–Trinajstić information content (AvgIpc) is 3.00. The second kappa shape index (κ2) is 4.77. The Hall–Kier alpha value is -1.69. The highest BCUT2D eigenvalue weighted by atomic mass is 32.1. The lowest BCUT2D eigenvalue weighted by molar-refractivity contribution is 0.0936. The van der Waals surface area contributed by atoms with Crippen molar-refractivity contribution in [3.05, 3.63) is 33.2 Å². The van der Waals surface area contributed by atoms with E-state index >= 15 is 0 Å². The third-order valence-corrected chi connectivity index (χ3v) is 4.51. The number of carbonyl (C=O) groups is 1. The number of rotatable bonds is 2. The zero-order valence-electron chi connectivity index (χ0n) is 10.7. The van der Waals surface area contributed by atoms with Gasteiger partial charge in [-0.15, -0.1) is 11.3 Å². The lowest BCUT2D eigenvalue weighted by Gasteiger charge is -2.11. The smallest absolute Gasteiger partial charge is 0.271 e. The van der Waals surface area contributed by atoms with Crippen molar-refractivity contribution in [1.29, 1.82) is 0 Å². The summed E-state index contributed by atoms with van der Waals surface area (Å²) in [6.07, 6.45) is 5.67. The maximum Gasteiger partial charge on any atom is 0.271 e. The third kappa shape index (κ3) is 2.16. The average molecular weight is 277 g/mol. The standard InChI is InChI=1S/C13H15N3O2S/c1-8-7-19-13-14-6-10(12(18)16(8)13)11(17)15-9-4-2-3-5-9/h6-7,9H,2-5H2,1H3,(H,15,17). The number of thiazole rings is 1. The van der Waals surface area contributed by atoms with Gasteiger partial charge in [0.05, 0.1) is 0 Å². The first-order valence-electron chi connectivity index (χ1n) is 6.43. The highest BCUT2D eigenvalue weighted by molar-refractivity contribution is 7.15. The van der Waals surface area contributed by atoms with Crippen molar-refractivity contribution in [1.82, 2.24) is 14.7 Å². The summed E-state index contributed by atoms with van der Waals surface area (Å²) in [5.74, 6) is -0.301. The van der Waals surface area contributed by atoms with Gasteiger partial charge in [0.15, 0.2) is 4.96 Å². The maximum absolute atomic E-state index is 12.3. The molecular weight excluding hydrogens is 262 g/mol. The van der Waals surface area contributed by atoms with Gasteiger partial charge < -0.3 is 5.32 Å². The molecule has 1 saturated carbocycles. The number of carbonyl (C=O) groups excluding carboxylic acids is 1. The number of aryl methyl sites for hydroxylation is 1. The number of fused-ring (bicyclic) bond motifs is 1. The van der Waals surface area contributed by atoms with Crippen molar-refractivity contribution in [2.24, 2.45) is 0 Å². The van der Waals surface area contributed by atoms with Crippen molar-refractivity contribution in [2.45, 2.75) is 38.6 Å². The zero-order valence-corrected chi connectivity index (χ0v) is 11.5. The van der Waals surface area contributed by atoms with Gasteiger partial charge in [-0.1, -0.05) is 12.8 Å². The summed E-state index contributed by atoms with van der Waals surface area (Å²) in [6.45, 7) is 1.84. The molecule has 0 radical (unpaired) electrons. The molecule has 1 amide bonds. The molecule has 19 heavy (non-hydrogen) atoms. The Bertz CT molecular complexity index is 683. The van der Waals surface area contributed by atoms with Crippen LogP contribution in [0.1, 0.15) is 41.7 Å². The highest BCUT2D eigenvalue weighted by Gasteiger charge is 2.21. The van der Waals surface area contributed by atoms with Gasteiger partial charge in [-0.3, -0.25) is 14.0 Å². The molecule has 100 valence electrons. The molecule has 2 heterocycles. The molecule has 1 N–H and O–H groups in total. The first kappa shape index (κ1) is 12.3. The van der Waals surface area contributed by atoms with Crippen LogP contribution in [0.3, 0.4) is 0 Å². The molecule has 3 rings (SSSR count). The minimum Gasteiger partial charge on any atom is -0.349 e. The van der Waals surface area contributed by atoms with Crippen LogP contribution in [0.15, 0.2) is 16.4 Å². The number of hydrogen-bond donors (Lipinski definition) is 1. The van der Waals surface area contributed by atoms with Gasteiger partial charge in [0.25, 0.3) is 11.5 Å². The molecule has 0 spiro atoms. The summed E-state index contributed by atoms with van der Waals surface area (Å²) in [4.78, 5) is 29.2. The van der Waals surface area contributed by atoms with E-state index in [0.717, 1.165) is 31.4 Å². The zero-order chi connectivity index (χ0) is 13.4. The van der Waals surface area contributed by atoms with Crippen LogP contribution in [0.2, 0.25) is 0 Å². The molecule has 0 aromatic carbocycles. The minimum absolute atomic E-state index is 0.130. The number of nitrogens with zero attached hydrogens (tertiary/aromatic N) is 2. The SMILES string of the molecule is Cc1csc2ncc(C(=O)NC3CCCC3)c(=O)n12. The van der Waals surface area contributed by atoms with E-state index in [-0.39, 0.29) is 23.1 Å². The highest BCUT2D eigenvalue weighted by Crippen LogP contribution is 2.18. The monoisotopic (exact) mass is 277 g/mol. The van der Waals surface area contributed by atoms with Gasteiger partial charge in [0.2, 0.25) is 0 Å². The van der Waals surface area contributed by atoms with Crippen molar-refractivity contribution in [3.8, 4) is 0 Å². The first-order valence-corrected chi connectivity index (χ1v) is 7.31. The molecule has 0 atom stereocenters. The van der Waals surface area contributed by atoms with Crippen LogP contribution in [-0.2, 0) is 0 Å². The number of aromatic nitrogens is 2. The number of amides is 1. The normalized spacial score (nSPS) is 16.1. The molecule has 0 aliphatic heterocycles. The van der Waals surface area contributed by atoms with Crippen LogP contribution < -0.4 is 10.9 Å². The van der Waals surface area contributed by atoms with Gasteiger partial charge in [-0.25, -0.2) is 4.98 Å². The second-order valence-electron chi connectivity index (χ2n) is 4.93. The molecule has 0 saturated heterocycles. The quantitative estimate of drug-likeness (QED) is 0.909. The van der Waals surface area contributed by atoms with E-state index in [0.29, 0.717) is 4.96 Å². The molecular formula is C13H15N3O2S. The van der Waals surface area contributed by atoms with Crippen LogP contribution in [0.4, 0.5) is 0 Å². The van der Waals surface area contributed by atoms with E-state index in [1.807, 2.05) is 12.3 Å². The lowest BCUT2D eigenvalue weighted by Crippen LogP contribution is -2.37. The van der Waals surface area contributed by atoms with E-state index < -0.39 is 0 Å². The summed E-state index contributed by atoms with van der Waals surface area (Å²) < 4.78 is 1.49. The summed E-state index contributed by atoms with van der Waals surface area (Å²) >= 11 is 1.40. The summed E-state index contributed by atoms with van der Waals surface area (Å²) in [5, 5.41) is 4.79. The van der Waals surface area contributed by atoms with E-state index in [9.17, 15) is 9.59 Å². The predicted molar refractivity (Wildman–Crippen MR) is 73.8 cm³/mol. The third-order valence-electron chi connectivity index (χ3n) is 3.55. The van der Waals surface area contributed by atoms with E-state index in [4.69, 9.17) is 0 Å². The van der Waals surface area contributed by atoms with Gasteiger partial charge in [-0.05, 0) is 19.8 Å². The Morgan fingerprint density at radius 2 is 2.21 bits per heavy atom. The van der Waals surface area contributed by atoms with Gasteiger partial charge >= 0.3 is 0 Å². The summed E-state index contributed by atoms with van der Waals surface area (Å²) in [5.41, 5.74) is 0.665. The van der Waals surface area contributed by atoms with Crippen LogP contribution in [0, 0.1) is 6.92 Å². The minimum atomic E-state index is -0.301. The van der Waals surface area contributed by atoms with Gasteiger partial charge in [0, 0.05) is 23.3 Å². The largest absolute Gasteiger partial charge is 0.349 e. The molecule has 1 aliphatic rings. The first-order chi connectivity index (χ1) is 9.16. The Balaban J connectivity index is 1.95. The van der Waals surface area contributed by atoms with Crippen molar-refractivity contribution in [2.75, 3.05) is 0 Å². The molecule has 5 nitrogen and oxygen atoms in total. The Morgan fingerprint density at radius 1 is 1.47 bits per heavy atom. The van der Waals surface area contributed by atoms with Crippen LogP contribution in [0.25, 0.3) is 4.96 Å². The molecule has 0 unspecified atom stereocenters. The summed E-state index contributed by atoms with van der Waals surface area (Å²) in [7, 11) is 0. The molecule has 1 aliphatic carbocycles. The molecule has 2 aromatic heterocycles. The van der Waals surface area contributed by atoms with Crippen molar-refractivity contribution in [3.63, 3.8) is 0 Å². The summed E-state index contributed by atoms with van der Waals surface area (Å²) in [6, 6.07) is 0.205. The second-order valence-corrected chi connectivity index (χ2v) is 5.76. The van der Waals surface area contributed by atoms with Gasteiger partial charge in [0.1, 0.15) is 5.56 Å². The maximum atomic E-state index is 12.3. The topological polar surface area (TPSA) is 63.5 Å². The molecule has 1 fully saturated rings. The van der Waals surface area contributed by atoms with Crippen molar-refractivity contribution < 1.29 is 4.79 Å². The molecule has 6 heteroatoms. The van der Waals surface area contributed by atoms with Crippen LogP contribution in [0.5, 0.6) is 0 Å². The van der Waals surface area contributed by atoms with E-state index in [2.05, 4.69) is 10.3 Å². The number of nitrogens with one attached hydrogen (secondary N) is 1. The van der Waals surface area contributed by atoms with E-state index in [1.165, 1.54) is 21.9 Å². The van der Waals surface area contributed by atoms with Crippen LogP contribution in [-0.4, -0.2) is 21.3 Å².